The molecule has 144 valence electrons. The summed E-state index contributed by atoms with van der Waals surface area (Å²) >= 11 is 0. The van der Waals surface area contributed by atoms with E-state index in [0.29, 0.717) is 16.8 Å². The van der Waals surface area contributed by atoms with E-state index < -0.39 is 27.7 Å². The minimum absolute atomic E-state index is 0.0515. The average molecular weight is 393 g/mol. The average Bonchev–Trinajstić information content (AvgIpc) is 2.56. The standard InChI is InChI=1S/C18H20FN3O4S/c1-27(25,26)22(11-14-2-6-15(19)7-3-14)12-18(24)21-16-8-4-13(5-9-16)10-17(20)23/h2-9H,10-12H2,1H3,(H2,20,23)(H,21,24). The Morgan fingerprint density at radius 2 is 1.59 bits per heavy atom. The topological polar surface area (TPSA) is 110 Å². The SMILES string of the molecule is CS(=O)(=O)N(CC(=O)Nc1ccc(CC(N)=O)cc1)Cc1ccc(F)cc1. The van der Waals surface area contributed by atoms with E-state index in [4.69, 9.17) is 5.73 Å². The molecule has 0 atom stereocenters. The van der Waals surface area contributed by atoms with Crippen LogP contribution in [0.3, 0.4) is 0 Å². The van der Waals surface area contributed by atoms with Gasteiger partial charge in [-0.15, -0.1) is 0 Å². The van der Waals surface area contributed by atoms with Gasteiger partial charge in [0.25, 0.3) is 0 Å². The van der Waals surface area contributed by atoms with Crippen LogP contribution in [0.4, 0.5) is 10.1 Å². The van der Waals surface area contributed by atoms with Gasteiger partial charge in [-0.25, -0.2) is 12.8 Å². The van der Waals surface area contributed by atoms with Crippen LogP contribution in [0.2, 0.25) is 0 Å². The minimum Gasteiger partial charge on any atom is -0.369 e. The van der Waals surface area contributed by atoms with Gasteiger partial charge < -0.3 is 11.1 Å². The van der Waals surface area contributed by atoms with Crippen molar-refractivity contribution in [2.75, 3.05) is 18.1 Å². The zero-order valence-corrected chi connectivity index (χ0v) is 15.5. The molecular formula is C18H20FN3O4S. The first-order valence-electron chi connectivity index (χ1n) is 8.00. The lowest BCUT2D eigenvalue weighted by atomic mass is 10.1. The number of carbonyl (C=O) groups excluding carboxylic acids is 2. The van der Waals surface area contributed by atoms with E-state index in [0.717, 1.165) is 10.6 Å². The molecule has 2 aromatic carbocycles. The Morgan fingerprint density at radius 1 is 1.04 bits per heavy atom. The number of carbonyl (C=O) groups is 2. The number of sulfonamides is 1. The number of nitrogens with zero attached hydrogens (tertiary/aromatic N) is 1. The third-order valence-corrected chi connectivity index (χ3v) is 4.87. The third kappa shape index (κ3) is 6.80. The maximum absolute atomic E-state index is 13.0. The molecule has 27 heavy (non-hydrogen) atoms. The van der Waals surface area contributed by atoms with Crippen molar-refractivity contribution in [3.05, 3.63) is 65.5 Å². The van der Waals surface area contributed by atoms with Gasteiger partial charge in [0.15, 0.2) is 0 Å². The molecule has 2 aromatic rings. The number of hydrogen-bond donors (Lipinski definition) is 2. The molecule has 0 saturated heterocycles. The van der Waals surface area contributed by atoms with E-state index >= 15 is 0 Å². The van der Waals surface area contributed by atoms with Crippen LogP contribution in [0.1, 0.15) is 11.1 Å². The Kier molecular flexibility index (Phi) is 6.65. The highest BCUT2D eigenvalue weighted by Crippen LogP contribution is 2.12. The summed E-state index contributed by atoms with van der Waals surface area (Å²) in [4.78, 5) is 23.1. The summed E-state index contributed by atoms with van der Waals surface area (Å²) in [5, 5.41) is 2.60. The predicted octanol–water partition coefficient (Wildman–Crippen LogP) is 1.25. The lowest BCUT2D eigenvalue weighted by Gasteiger charge is -2.19. The lowest BCUT2D eigenvalue weighted by molar-refractivity contribution is -0.117. The van der Waals surface area contributed by atoms with Crippen LogP contribution in [0.5, 0.6) is 0 Å². The molecule has 0 aliphatic rings. The van der Waals surface area contributed by atoms with Crippen LogP contribution >= 0.6 is 0 Å². The second-order valence-corrected chi connectivity index (χ2v) is 8.03. The fraction of sp³-hybridized carbons (Fsp3) is 0.222. The fourth-order valence-electron chi connectivity index (χ4n) is 2.35. The van der Waals surface area contributed by atoms with Crippen molar-refractivity contribution in [2.24, 2.45) is 5.73 Å². The second kappa shape index (κ2) is 8.74. The number of nitrogens with one attached hydrogen (secondary N) is 1. The van der Waals surface area contributed by atoms with Gasteiger partial charge in [0.2, 0.25) is 21.8 Å². The smallest absolute Gasteiger partial charge is 0.239 e. The molecule has 2 rings (SSSR count). The molecule has 0 unspecified atom stereocenters. The highest BCUT2D eigenvalue weighted by molar-refractivity contribution is 7.88. The Labute approximate surface area is 157 Å². The van der Waals surface area contributed by atoms with Crippen LogP contribution in [-0.2, 0) is 32.6 Å². The fourth-order valence-corrected chi connectivity index (χ4v) is 3.09. The summed E-state index contributed by atoms with van der Waals surface area (Å²) in [6.45, 7) is -0.441. The van der Waals surface area contributed by atoms with Gasteiger partial charge in [0, 0.05) is 12.2 Å². The van der Waals surface area contributed by atoms with Crippen molar-refractivity contribution in [2.45, 2.75) is 13.0 Å². The molecule has 0 heterocycles. The molecule has 0 spiro atoms. The van der Waals surface area contributed by atoms with Crippen molar-refractivity contribution in [3.63, 3.8) is 0 Å². The second-order valence-electron chi connectivity index (χ2n) is 6.05. The van der Waals surface area contributed by atoms with Gasteiger partial charge >= 0.3 is 0 Å². The first-order valence-corrected chi connectivity index (χ1v) is 9.85. The zero-order chi connectivity index (χ0) is 20.0. The first kappa shape index (κ1) is 20.5. The Bertz CT molecular complexity index is 913. The molecule has 0 aliphatic heterocycles. The van der Waals surface area contributed by atoms with Gasteiger partial charge in [-0.3, -0.25) is 9.59 Å². The van der Waals surface area contributed by atoms with Gasteiger partial charge in [0.05, 0.1) is 19.2 Å². The van der Waals surface area contributed by atoms with Gasteiger partial charge in [-0.05, 0) is 35.4 Å². The number of nitrogens with two attached hydrogens (primary N) is 1. The number of halogens is 1. The largest absolute Gasteiger partial charge is 0.369 e. The van der Waals surface area contributed by atoms with E-state index in [2.05, 4.69) is 5.32 Å². The number of hydrogen-bond acceptors (Lipinski definition) is 4. The molecule has 0 aromatic heterocycles. The molecule has 0 saturated carbocycles. The Hall–Kier alpha value is -2.78. The molecule has 0 radical (unpaired) electrons. The van der Waals surface area contributed by atoms with Crippen molar-refractivity contribution in [1.29, 1.82) is 0 Å². The van der Waals surface area contributed by atoms with Crippen LogP contribution in [0, 0.1) is 5.82 Å². The van der Waals surface area contributed by atoms with E-state index in [9.17, 15) is 22.4 Å². The van der Waals surface area contributed by atoms with Crippen molar-refractivity contribution < 1.29 is 22.4 Å². The molecular weight excluding hydrogens is 373 g/mol. The number of amides is 2. The van der Waals surface area contributed by atoms with E-state index in [1.807, 2.05) is 0 Å². The van der Waals surface area contributed by atoms with Gasteiger partial charge in [0.1, 0.15) is 5.82 Å². The summed E-state index contributed by atoms with van der Waals surface area (Å²) in [7, 11) is -3.65. The molecule has 0 fully saturated rings. The molecule has 9 heteroatoms. The summed E-state index contributed by atoms with van der Waals surface area (Å²) in [5.74, 6) is -1.41. The molecule has 7 nitrogen and oxygen atoms in total. The van der Waals surface area contributed by atoms with E-state index in [1.165, 1.54) is 24.3 Å². The van der Waals surface area contributed by atoms with Crippen molar-refractivity contribution >= 4 is 27.5 Å². The van der Waals surface area contributed by atoms with Crippen LogP contribution in [-0.4, -0.2) is 37.3 Å². The normalized spacial score (nSPS) is 11.4. The molecule has 2 amide bonds. The monoisotopic (exact) mass is 393 g/mol. The molecule has 3 N–H and O–H groups in total. The maximum atomic E-state index is 13.0. The highest BCUT2D eigenvalue weighted by Gasteiger charge is 2.20. The van der Waals surface area contributed by atoms with Gasteiger partial charge in [-0.1, -0.05) is 24.3 Å². The summed E-state index contributed by atoms with van der Waals surface area (Å²) in [6, 6.07) is 11.9. The van der Waals surface area contributed by atoms with Crippen molar-refractivity contribution in [1.82, 2.24) is 4.31 Å². The molecule has 0 bridgehead atoms. The predicted molar refractivity (Wildman–Crippen MR) is 99.6 cm³/mol. The summed E-state index contributed by atoms with van der Waals surface area (Å²) < 4.78 is 37.9. The van der Waals surface area contributed by atoms with Crippen LogP contribution in [0.25, 0.3) is 0 Å². The Balaban J connectivity index is 2.03. The minimum atomic E-state index is -3.65. The van der Waals surface area contributed by atoms with E-state index in [1.54, 1.807) is 24.3 Å². The number of anilines is 1. The lowest BCUT2D eigenvalue weighted by Crippen LogP contribution is -2.36. The number of primary amides is 1. The number of benzene rings is 2. The molecule has 0 aliphatic carbocycles. The Morgan fingerprint density at radius 3 is 2.11 bits per heavy atom. The highest BCUT2D eigenvalue weighted by atomic mass is 32.2. The summed E-state index contributed by atoms with van der Waals surface area (Å²) in [6.07, 6.45) is 1.09. The van der Waals surface area contributed by atoms with Crippen molar-refractivity contribution in [3.8, 4) is 0 Å². The number of rotatable bonds is 8. The first-order chi connectivity index (χ1) is 12.6. The maximum Gasteiger partial charge on any atom is 0.239 e. The van der Waals surface area contributed by atoms with Crippen LogP contribution in [0.15, 0.2) is 48.5 Å². The third-order valence-electron chi connectivity index (χ3n) is 3.68. The van der Waals surface area contributed by atoms with Gasteiger partial charge in [-0.2, -0.15) is 4.31 Å². The van der Waals surface area contributed by atoms with Crippen LogP contribution < -0.4 is 11.1 Å². The summed E-state index contributed by atoms with van der Waals surface area (Å²) in [5.41, 5.74) is 6.84. The zero-order valence-electron chi connectivity index (χ0n) is 14.7. The van der Waals surface area contributed by atoms with E-state index in [-0.39, 0.29) is 19.5 Å². The quantitative estimate of drug-likeness (QED) is 0.703.